The molecule has 1 fully saturated rings. The fourth-order valence-corrected chi connectivity index (χ4v) is 5.66. The van der Waals surface area contributed by atoms with Crippen LogP contribution in [0.2, 0.25) is 0 Å². The maximum absolute atomic E-state index is 13.4. The fourth-order valence-electron chi connectivity index (χ4n) is 5.19. The third-order valence-corrected chi connectivity index (χ3v) is 8.01. The number of esters is 1. The molecule has 1 aromatic heterocycles. The molecular formula is C32H39NO5S. The lowest BCUT2D eigenvalue weighted by molar-refractivity contribution is -0.142. The van der Waals surface area contributed by atoms with Gasteiger partial charge in [-0.15, -0.1) is 0 Å². The SMILES string of the molecule is COC(=O)[C@H](CCSC)NC(=O)c1ccc(COCc2ccc(C3CCCCC3)o2)cc1-c1ccccc1C. The number of rotatable bonds is 12. The Hall–Kier alpha value is -3.03. The molecule has 1 atom stereocenters. The smallest absolute Gasteiger partial charge is 0.328 e. The van der Waals surface area contributed by atoms with Crippen molar-refractivity contribution in [3.05, 3.63) is 82.8 Å². The first-order chi connectivity index (χ1) is 19.0. The Morgan fingerprint density at radius 3 is 2.56 bits per heavy atom. The second kappa shape index (κ2) is 14.4. The van der Waals surface area contributed by atoms with E-state index in [1.807, 2.05) is 61.7 Å². The number of carbonyl (C=O) groups excluding carboxylic acids is 2. The van der Waals surface area contributed by atoms with Crippen LogP contribution >= 0.6 is 11.8 Å². The summed E-state index contributed by atoms with van der Waals surface area (Å²) in [5, 5.41) is 2.89. The van der Waals surface area contributed by atoms with Crippen LogP contribution in [0.5, 0.6) is 0 Å². The zero-order valence-electron chi connectivity index (χ0n) is 23.2. The van der Waals surface area contributed by atoms with Crippen molar-refractivity contribution >= 4 is 23.6 Å². The van der Waals surface area contributed by atoms with E-state index >= 15 is 0 Å². The van der Waals surface area contributed by atoms with Crippen LogP contribution in [-0.4, -0.2) is 37.0 Å². The molecular weight excluding hydrogens is 510 g/mol. The summed E-state index contributed by atoms with van der Waals surface area (Å²) in [7, 11) is 1.34. The molecule has 0 unspecified atom stereocenters. The van der Waals surface area contributed by atoms with Gasteiger partial charge in [-0.25, -0.2) is 4.79 Å². The van der Waals surface area contributed by atoms with Crippen LogP contribution in [0, 0.1) is 6.92 Å². The summed E-state index contributed by atoms with van der Waals surface area (Å²) in [6.45, 7) is 2.81. The zero-order chi connectivity index (χ0) is 27.6. The molecule has 0 saturated heterocycles. The molecule has 0 aliphatic heterocycles. The number of aryl methyl sites for hydroxylation is 1. The fraction of sp³-hybridized carbons (Fsp3) is 0.438. The van der Waals surface area contributed by atoms with Gasteiger partial charge in [0, 0.05) is 11.5 Å². The van der Waals surface area contributed by atoms with Crippen molar-refractivity contribution in [2.45, 2.75) is 70.6 Å². The largest absolute Gasteiger partial charge is 0.467 e. The van der Waals surface area contributed by atoms with E-state index in [9.17, 15) is 9.59 Å². The Labute approximate surface area is 235 Å². The summed E-state index contributed by atoms with van der Waals surface area (Å²) in [5.41, 5.74) is 4.29. The normalized spacial score (nSPS) is 14.6. The number of benzene rings is 2. The van der Waals surface area contributed by atoms with Crippen molar-refractivity contribution in [1.82, 2.24) is 5.32 Å². The average molecular weight is 550 g/mol. The highest BCUT2D eigenvalue weighted by atomic mass is 32.2. The maximum Gasteiger partial charge on any atom is 0.328 e. The Balaban J connectivity index is 1.49. The number of carbonyl (C=O) groups is 2. The predicted molar refractivity (Wildman–Crippen MR) is 156 cm³/mol. The second-order valence-corrected chi connectivity index (χ2v) is 11.1. The van der Waals surface area contributed by atoms with Gasteiger partial charge in [0.1, 0.15) is 24.2 Å². The summed E-state index contributed by atoms with van der Waals surface area (Å²) < 4.78 is 17.1. The average Bonchev–Trinajstić information content (AvgIpc) is 3.44. The molecule has 1 amide bonds. The Morgan fingerprint density at radius 1 is 1.03 bits per heavy atom. The van der Waals surface area contributed by atoms with E-state index in [0.29, 0.717) is 31.1 Å². The van der Waals surface area contributed by atoms with Crippen LogP contribution < -0.4 is 5.32 Å². The van der Waals surface area contributed by atoms with Crippen molar-refractivity contribution in [1.29, 1.82) is 0 Å². The maximum atomic E-state index is 13.4. The van der Waals surface area contributed by atoms with Crippen LogP contribution in [0.15, 0.2) is 59.0 Å². The van der Waals surface area contributed by atoms with Gasteiger partial charge in [-0.1, -0.05) is 49.6 Å². The number of hydrogen-bond donors (Lipinski definition) is 1. The third kappa shape index (κ3) is 7.76. The van der Waals surface area contributed by atoms with E-state index in [0.717, 1.165) is 39.5 Å². The lowest BCUT2D eigenvalue weighted by Crippen LogP contribution is -2.42. The van der Waals surface area contributed by atoms with Gasteiger partial charge in [0.2, 0.25) is 0 Å². The van der Waals surface area contributed by atoms with Crippen molar-refractivity contribution in [3.63, 3.8) is 0 Å². The minimum absolute atomic E-state index is 0.303. The molecule has 6 nitrogen and oxygen atoms in total. The molecule has 39 heavy (non-hydrogen) atoms. The van der Waals surface area contributed by atoms with Gasteiger partial charge < -0.3 is 19.2 Å². The van der Waals surface area contributed by atoms with Crippen LogP contribution in [-0.2, 0) is 27.5 Å². The number of ether oxygens (including phenoxy) is 2. The number of amides is 1. The van der Waals surface area contributed by atoms with Crippen molar-refractivity contribution in [2.75, 3.05) is 19.1 Å². The van der Waals surface area contributed by atoms with Gasteiger partial charge in [-0.3, -0.25) is 4.79 Å². The molecule has 1 aliphatic rings. The van der Waals surface area contributed by atoms with Gasteiger partial charge in [0.25, 0.3) is 5.91 Å². The monoisotopic (exact) mass is 549 g/mol. The Morgan fingerprint density at radius 2 is 1.82 bits per heavy atom. The molecule has 1 N–H and O–H groups in total. The zero-order valence-corrected chi connectivity index (χ0v) is 24.0. The van der Waals surface area contributed by atoms with Gasteiger partial charge in [-0.2, -0.15) is 11.8 Å². The van der Waals surface area contributed by atoms with Gasteiger partial charge in [0.05, 0.1) is 13.7 Å². The number of nitrogens with one attached hydrogen (secondary N) is 1. The number of methoxy groups -OCH3 is 1. The summed E-state index contributed by atoms with van der Waals surface area (Å²) in [5.74, 6) is 2.44. The highest BCUT2D eigenvalue weighted by molar-refractivity contribution is 7.98. The molecule has 0 radical (unpaired) electrons. The second-order valence-electron chi connectivity index (χ2n) is 10.2. The molecule has 0 spiro atoms. The molecule has 1 aliphatic carbocycles. The van der Waals surface area contributed by atoms with Crippen LogP contribution in [0.4, 0.5) is 0 Å². The molecule has 4 rings (SSSR count). The first-order valence-electron chi connectivity index (χ1n) is 13.7. The van der Waals surface area contributed by atoms with Gasteiger partial charge in [-0.05, 0) is 84.7 Å². The molecule has 2 aromatic carbocycles. The van der Waals surface area contributed by atoms with Crippen LogP contribution in [0.3, 0.4) is 0 Å². The van der Waals surface area contributed by atoms with E-state index in [1.165, 1.54) is 39.2 Å². The van der Waals surface area contributed by atoms with Gasteiger partial charge >= 0.3 is 5.97 Å². The summed E-state index contributed by atoms with van der Waals surface area (Å²) in [6, 6.07) is 17.1. The van der Waals surface area contributed by atoms with Crippen molar-refractivity contribution in [2.24, 2.45) is 0 Å². The molecule has 1 saturated carbocycles. The van der Waals surface area contributed by atoms with Gasteiger partial charge in [0.15, 0.2) is 0 Å². The summed E-state index contributed by atoms with van der Waals surface area (Å²) >= 11 is 1.62. The quantitative estimate of drug-likeness (QED) is 0.244. The number of furan rings is 1. The molecule has 1 heterocycles. The molecule has 0 bridgehead atoms. The lowest BCUT2D eigenvalue weighted by Gasteiger charge is -2.19. The first-order valence-corrected chi connectivity index (χ1v) is 15.1. The van der Waals surface area contributed by atoms with E-state index in [4.69, 9.17) is 13.9 Å². The molecule has 3 aromatic rings. The molecule has 208 valence electrons. The molecule has 7 heteroatoms. The predicted octanol–water partition coefficient (Wildman–Crippen LogP) is 7.04. The van der Waals surface area contributed by atoms with E-state index in [2.05, 4.69) is 11.4 Å². The highest BCUT2D eigenvalue weighted by Gasteiger charge is 2.24. The van der Waals surface area contributed by atoms with Crippen LogP contribution in [0.25, 0.3) is 11.1 Å². The topological polar surface area (TPSA) is 77.8 Å². The lowest BCUT2D eigenvalue weighted by atomic mass is 9.88. The standard InChI is InChI=1S/C32H39NO5S/c1-22-9-7-8-12-26(22)28-19-23(13-15-27(28)31(34)33-29(17-18-39-3)32(35)36-2)20-37-21-25-14-16-30(38-25)24-10-5-4-6-11-24/h7-9,12-16,19,24,29H,4-6,10-11,17-18,20-21H2,1-3H3,(H,33,34)/t29-/m0/s1. The Bertz CT molecular complexity index is 1250. The van der Waals surface area contributed by atoms with Crippen molar-refractivity contribution < 1.29 is 23.5 Å². The summed E-state index contributed by atoms with van der Waals surface area (Å²) in [4.78, 5) is 25.7. The van der Waals surface area contributed by atoms with E-state index in [1.54, 1.807) is 11.8 Å². The Kier molecular flexibility index (Phi) is 10.7. The number of thioether (sulfide) groups is 1. The van der Waals surface area contributed by atoms with Crippen LogP contribution in [0.1, 0.15) is 77.4 Å². The van der Waals surface area contributed by atoms with E-state index < -0.39 is 12.0 Å². The minimum Gasteiger partial charge on any atom is -0.467 e. The van der Waals surface area contributed by atoms with Crippen molar-refractivity contribution in [3.8, 4) is 11.1 Å². The third-order valence-electron chi connectivity index (χ3n) is 7.37. The first kappa shape index (κ1) is 29.0. The van der Waals surface area contributed by atoms with E-state index in [-0.39, 0.29) is 5.91 Å². The number of hydrogen-bond acceptors (Lipinski definition) is 6. The minimum atomic E-state index is -0.700. The summed E-state index contributed by atoms with van der Waals surface area (Å²) in [6.07, 6.45) is 8.74. The highest BCUT2D eigenvalue weighted by Crippen LogP contribution is 2.34.